The number of fused-ring (bicyclic) bond motifs is 2. The molecule has 0 fully saturated rings. The van der Waals surface area contributed by atoms with E-state index < -0.39 is 35.4 Å². The largest absolute Gasteiger partial charge is 0.508 e. The van der Waals surface area contributed by atoms with Crippen LogP contribution in [0.2, 0.25) is 0 Å². The van der Waals surface area contributed by atoms with Crippen LogP contribution in [0.25, 0.3) is 0 Å². The molecule has 0 bridgehead atoms. The van der Waals surface area contributed by atoms with Gasteiger partial charge in [-0.2, -0.15) is 0 Å². The Labute approximate surface area is 228 Å². The molecule has 4 aromatic carbocycles. The average molecular weight is 541 g/mol. The molecule has 0 saturated heterocycles. The van der Waals surface area contributed by atoms with Crippen molar-refractivity contribution in [1.29, 1.82) is 0 Å². The topological polar surface area (TPSA) is 143 Å². The van der Waals surface area contributed by atoms with E-state index in [4.69, 9.17) is 14.2 Å². The number of rotatable bonds is 5. The van der Waals surface area contributed by atoms with E-state index in [2.05, 4.69) is 0 Å². The van der Waals surface area contributed by atoms with Crippen LogP contribution >= 0.6 is 0 Å². The van der Waals surface area contributed by atoms with Crippen molar-refractivity contribution in [1.82, 2.24) is 0 Å². The maximum Gasteiger partial charge on any atom is 0.178 e. The number of phenols is 4. The first-order valence-electron chi connectivity index (χ1n) is 12.5. The first-order chi connectivity index (χ1) is 19.2. The van der Waals surface area contributed by atoms with Gasteiger partial charge in [0.05, 0.1) is 30.6 Å². The molecule has 0 saturated carbocycles. The average Bonchev–Trinajstić information content (AvgIpc) is 3.32. The highest BCUT2D eigenvalue weighted by atomic mass is 16.5. The van der Waals surface area contributed by atoms with Crippen LogP contribution < -0.4 is 14.2 Å². The lowest BCUT2D eigenvalue weighted by molar-refractivity contribution is 0.0842. The van der Waals surface area contributed by atoms with E-state index in [1.54, 1.807) is 36.4 Å². The summed E-state index contributed by atoms with van der Waals surface area (Å²) in [6.45, 7) is 0. The summed E-state index contributed by atoms with van der Waals surface area (Å²) in [7, 11) is 1.53. The Morgan fingerprint density at radius 1 is 0.825 bits per heavy atom. The van der Waals surface area contributed by atoms with Gasteiger partial charge in [-0.25, -0.2) is 0 Å². The summed E-state index contributed by atoms with van der Waals surface area (Å²) in [5, 5.41) is 41.3. The van der Waals surface area contributed by atoms with Gasteiger partial charge in [0.25, 0.3) is 0 Å². The van der Waals surface area contributed by atoms with Gasteiger partial charge in [0, 0.05) is 12.1 Å². The molecule has 9 heteroatoms. The maximum absolute atomic E-state index is 13.9. The SMILES string of the molecule is COc1ccc([C@H]2Oc3cc4c(c(O)c3[C@@H]2C(=O)c2ccc(O)cc2O)C(=O)C[C@H](c2ccc(O)cc2)O4)cc1. The van der Waals surface area contributed by atoms with Crippen LogP contribution in [0, 0.1) is 0 Å². The smallest absolute Gasteiger partial charge is 0.178 e. The molecule has 2 aliphatic heterocycles. The van der Waals surface area contributed by atoms with Gasteiger partial charge in [-0.15, -0.1) is 0 Å². The number of ketones is 2. The fourth-order valence-corrected chi connectivity index (χ4v) is 5.31. The number of benzene rings is 4. The summed E-state index contributed by atoms with van der Waals surface area (Å²) in [6, 6.07) is 18.3. The molecule has 2 heterocycles. The quantitative estimate of drug-likeness (QED) is 0.247. The predicted octanol–water partition coefficient (Wildman–Crippen LogP) is 5.32. The molecule has 0 aliphatic carbocycles. The van der Waals surface area contributed by atoms with Crippen LogP contribution in [0.5, 0.6) is 40.2 Å². The third-order valence-electron chi connectivity index (χ3n) is 7.29. The molecule has 0 spiro atoms. The molecule has 2 aliphatic rings. The Morgan fingerprint density at radius 3 is 2.17 bits per heavy atom. The first-order valence-corrected chi connectivity index (χ1v) is 12.5. The van der Waals surface area contributed by atoms with E-state index >= 15 is 0 Å². The van der Waals surface area contributed by atoms with Gasteiger partial charge in [0.1, 0.15) is 58.0 Å². The number of carbonyl (C=O) groups excluding carboxylic acids is 2. The van der Waals surface area contributed by atoms with Crippen LogP contribution in [-0.2, 0) is 0 Å². The lowest BCUT2D eigenvalue weighted by atomic mass is 9.82. The van der Waals surface area contributed by atoms with E-state index in [9.17, 15) is 30.0 Å². The van der Waals surface area contributed by atoms with Gasteiger partial charge in [-0.1, -0.05) is 24.3 Å². The zero-order valence-electron chi connectivity index (χ0n) is 21.2. The number of hydrogen-bond donors (Lipinski definition) is 4. The summed E-state index contributed by atoms with van der Waals surface area (Å²) in [4.78, 5) is 27.2. The van der Waals surface area contributed by atoms with Crippen LogP contribution in [-0.4, -0.2) is 39.1 Å². The number of carbonyl (C=O) groups is 2. The molecular formula is C31H24O9. The van der Waals surface area contributed by atoms with Crippen LogP contribution in [0.4, 0.5) is 0 Å². The van der Waals surface area contributed by atoms with Gasteiger partial charge in [0.15, 0.2) is 11.6 Å². The normalized spacial score (nSPS) is 19.2. The summed E-state index contributed by atoms with van der Waals surface area (Å²) < 4.78 is 17.6. The highest BCUT2D eigenvalue weighted by molar-refractivity contribution is 6.07. The summed E-state index contributed by atoms with van der Waals surface area (Å²) in [5.41, 5.74) is 1.24. The Bertz CT molecular complexity index is 1640. The van der Waals surface area contributed by atoms with Crippen molar-refractivity contribution in [3.05, 3.63) is 101 Å². The van der Waals surface area contributed by atoms with Crippen molar-refractivity contribution in [3.63, 3.8) is 0 Å². The minimum Gasteiger partial charge on any atom is -0.508 e. The second-order valence-electron chi connectivity index (χ2n) is 9.69. The molecule has 9 nitrogen and oxygen atoms in total. The monoisotopic (exact) mass is 540 g/mol. The molecule has 0 amide bonds. The Kier molecular flexibility index (Phi) is 5.99. The van der Waals surface area contributed by atoms with Crippen molar-refractivity contribution in [2.24, 2.45) is 0 Å². The van der Waals surface area contributed by atoms with Crippen LogP contribution in [0.1, 0.15) is 62.0 Å². The highest BCUT2D eigenvalue weighted by Crippen LogP contribution is 2.56. The predicted molar refractivity (Wildman–Crippen MR) is 142 cm³/mol. The molecule has 4 N–H and O–H groups in total. The Morgan fingerprint density at radius 2 is 1.50 bits per heavy atom. The van der Waals surface area contributed by atoms with E-state index in [1.165, 1.54) is 37.4 Å². The molecule has 6 rings (SSSR count). The molecule has 202 valence electrons. The first kappa shape index (κ1) is 25.1. The number of ether oxygens (including phenoxy) is 3. The zero-order valence-corrected chi connectivity index (χ0v) is 21.2. The number of hydrogen-bond acceptors (Lipinski definition) is 9. The van der Waals surface area contributed by atoms with Crippen molar-refractivity contribution in [3.8, 4) is 40.2 Å². The summed E-state index contributed by atoms with van der Waals surface area (Å²) in [5.74, 6) is -2.21. The Hall–Kier alpha value is -5.18. The van der Waals surface area contributed by atoms with Gasteiger partial charge < -0.3 is 34.6 Å². The van der Waals surface area contributed by atoms with Gasteiger partial charge in [0.2, 0.25) is 0 Å². The van der Waals surface area contributed by atoms with Crippen molar-refractivity contribution in [2.75, 3.05) is 7.11 Å². The summed E-state index contributed by atoms with van der Waals surface area (Å²) in [6.07, 6.45) is -1.63. The number of aromatic hydroxyl groups is 4. The van der Waals surface area contributed by atoms with E-state index in [0.29, 0.717) is 16.9 Å². The lowest BCUT2D eigenvalue weighted by Gasteiger charge is -2.27. The fourth-order valence-electron chi connectivity index (χ4n) is 5.31. The molecule has 3 atom stereocenters. The van der Waals surface area contributed by atoms with E-state index in [1.807, 2.05) is 0 Å². The second kappa shape index (κ2) is 9.53. The molecule has 0 unspecified atom stereocenters. The fraction of sp³-hybridized carbons (Fsp3) is 0.161. The molecule has 40 heavy (non-hydrogen) atoms. The zero-order chi connectivity index (χ0) is 28.1. The second-order valence-corrected chi connectivity index (χ2v) is 9.69. The molecule has 0 radical (unpaired) electrons. The Balaban J connectivity index is 1.46. The number of Topliss-reactive ketones (excluding diaryl/α,β-unsaturated/α-hetero) is 2. The van der Waals surface area contributed by atoms with Crippen molar-refractivity contribution in [2.45, 2.75) is 24.5 Å². The van der Waals surface area contributed by atoms with Crippen molar-refractivity contribution < 1.29 is 44.2 Å². The highest BCUT2D eigenvalue weighted by Gasteiger charge is 2.46. The third kappa shape index (κ3) is 4.12. The van der Waals surface area contributed by atoms with E-state index in [-0.39, 0.29) is 51.9 Å². The van der Waals surface area contributed by atoms with Gasteiger partial charge in [-0.05, 0) is 47.5 Å². The van der Waals surface area contributed by atoms with Crippen molar-refractivity contribution >= 4 is 11.6 Å². The third-order valence-corrected chi connectivity index (χ3v) is 7.29. The molecule has 0 aromatic heterocycles. The van der Waals surface area contributed by atoms with Crippen LogP contribution in [0.15, 0.2) is 72.8 Å². The minimum absolute atomic E-state index is 0.0551. The lowest BCUT2D eigenvalue weighted by Crippen LogP contribution is -2.22. The molecule has 4 aromatic rings. The van der Waals surface area contributed by atoms with E-state index in [0.717, 1.165) is 6.07 Å². The van der Waals surface area contributed by atoms with Crippen LogP contribution in [0.3, 0.4) is 0 Å². The number of methoxy groups -OCH3 is 1. The number of phenolic OH excluding ortho intramolecular Hbond substituents is 4. The minimum atomic E-state index is -1.13. The standard InChI is InChI=1S/C31H24O9/c1-38-19-9-4-16(5-10-19)31-28(29(36)20-11-8-18(33)12-21(20)34)27-25(40-31)14-24-26(30(27)37)22(35)13-23(39-24)15-2-6-17(32)7-3-15/h2-12,14,23,28,31-34,37H,13H2,1H3/t23-,28-,31-/m1/s1. The van der Waals surface area contributed by atoms with Gasteiger partial charge in [-0.3, -0.25) is 9.59 Å². The maximum atomic E-state index is 13.9. The van der Waals surface area contributed by atoms with Gasteiger partial charge >= 0.3 is 0 Å². The molecular weight excluding hydrogens is 516 g/mol. The summed E-state index contributed by atoms with van der Waals surface area (Å²) >= 11 is 0.